The molecule has 0 radical (unpaired) electrons. The Morgan fingerprint density at radius 1 is 0.967 bits per heavy atom. The zero-order chi connectivity index (χ0) is 20.3. The van der Waals surface area contributed by atoms with Gasteiger partial charge in [-0.05, 0) is 78.0 Å². The van der Waals surface area contributed by atoms with Crippen LogP contribution in [0.4, 0.5) is 4.79 Å². The molecule has 0 aromatic heterocycles. The molecule has 4 nitrogen and oxygen atoms in total. The highest BCUT2D eigenvalue weighted by Crippen LogP contribution is 2.61. The molecule has 4 fully saturated rings. The molecule has 2 aromatic carbocycles. The van der Waals surface area contributed by atoms with E-state index in [1.807, 2.05) is 0 Å². The van der Waals surface area contributed by atoms with E-state index in [2.05, 4.69) is 53.8 Å². The van der Waals surface area contributed by atoms with Crippen LogP contribution in [0.2, 0.25) is 0 Å². The van der Waals surface area contributed by atoms with E-state index >= 15 is 0 Å². The average Bonchev–Trinajstić information content (AvgIpc) is 3.03. The fourth-order valence-electron chi connectivity index (χ4n) is 7.52. The lowest BCUT2D eigenvalue weighted by Crippen LogP contribution is -2.58. The number of ether oxygens (including phenoxy) is 1. The minimum absolute atomic E-state index is 0.0599. The molecule has 0 spiro atoms. The standard InChI is InChI=1S/C26H29NO3/c28-24(27-16-25-10-17-9-18(11-25)13-26(29,12-17)15-25)30-14-23-21-7-3-1-5-19(21)20-6-2-4-8-22(20)23/h1-8,17-18,23,29H,9-16H2,(H,27,28). The Labute approximate surface area is 177 Å². The van der Waals surface area contributed by atoms with Gasteiger partial charge in [-0.3, -0.25) is 0 Å². The Balaban J connectivity index is 1.12. The smallest absolute Gasteiger partial charge is 0.407 e. The topological polar surface area (TPSA) is 58.6 Å². The molecular weight excluding hydrogens is 374 g/mol. The van der Waals surface area contributed by atoms with Crippen LogP contribution in [0.15, 0.2) is 48.5 Å². The molecule has 2 atom stereocenters. The van der Waals surface area contributed by atoms with Crippen LogP contribution in [0.3, 0.4) is 0 Å². The lowest BCUT2D eigenvalue weighted by atomic mass is 9.48. The van der Waals surface area contributed by atoms with E-state index < -0.39 is 5.60 Å². The van der Waals surface area contributed by atoms with E-state index in [4.69, 9.17) is 4.74 Å². The van der Waals surface area contributed by atoms with Crippen molar-refractivity contribution >= 4 is 6.09 Å². The minimum atomic E-state index is -0.493. The third-order valence-corrected chi connectivity index (χ3v) is 8.10. The van der Waals surface area contributed by atoms with Crippen molar-refractivity contribution in [3.8, 4) is 11.1 Å². The van der Waals surface area contributed by atoms with E-state index in [1.165, 1.54) is 28.7 Å². The summed E-state index contributed by atoms with van der Waals surface area (Å²) in [5.41, 5.74) is 4.51. The van der Waals surface area contributed by atoms with Gasteiger partial charge in [-0.15, -0.1) is 0 Å². The molecule has 2 N–H and O–H groups in total. The predicted octanol–water partition coefficient (Wildman–Crippen LogP) is 4.86. The summed E-state index contributed by atoms with van der Waals surface area (Å²) in [5.74, 6) is 1.34. The first kappa shape index (κ1) is 18.4. The second-order valence-corrected chi connectivity index (χ2v) is 10.4. The molecule has 7 rings (SSSR count). The van der Waals surface area contributed by atoms with Crippen molar-refractivity contribution in [3.05, 3.63) is 59.7 Å². The summed E-state index contributed by atoms with van der Waals surface area (Å²) in [6.07, 6.45) is 5.93. The fourth-order valence-corrected chi connectivity index (χ4v) is 7.52. The molecule has 5 aliphatic rings. The maximum atomic E-state index is 12.6. The van der Waals surface area contributed by atoms with Gasteiger partial charge >= 0.3 is 6.09 Å². The third kappa shape index (κ3) is 2.96. The van der Waals surface area contributed by atoms with Gasteiger partial charge in [-0.2, -0.15) is 0 Å². The van der Waals surface area contributed by atoms with Crippen LogP contribution in [0.5, 0.6) is 0 Å². The van der Waals surface area contributed by atoms with Gasteiger partial charge in [0.2, 0.25) is 0 Å². The largest absolute Gasteiger partial charge is 0.449 e. The number of fused-ring (bicyclic) bond motifs is 3. The van der Waals surface area contributed by atoms with Gasteiger partial charge < -0.3 is 15.2 Å². The molecular formula is C26H29NO3. The molecule has 1 amide bonds. The van der Waals surface area contributed by atoms with Gasteiger partial charge in [0, 0.05) is 12.5 Å². The van der Waals surface area contributed by atoms with Crippen LogP contribution in [0, 0.1) is 17.3 Å². The van der Waals surface area contributed by atoms with Crippen molar-refractivity contribution in [1.29, 1.82) is 0 Å². The summed E-state index contributed by atoms with van der Waals surface area (Å²) >= 11 is 0. The number of amides is 1. The number of hydrogen-bond acceptors (Lipinski definition) is 3. The Morgan fingerprint density at radius 3 is 2.17 bits per heavy atom. The summed E-state index contributed by atoms with van der Waals surface area (Å²) in [4.78, 5) is 12.6. The van der Waals surface area contributed by atoms with E-state index in [9.17, 15) is 9.90 Å². The van der Waals surface area contributed by atoms with Crippen molar-refractivity contribution < 1.29 is 14.6 Å². The Morgan fingerprint density at radius 2 is 1.57 bits per heavy atom. The zero-order valence-electron chi connectivity index (χ0n) is 17.3. The molecule has 4 heteroatoms. The maximum Gasteiger partial charge on any atom is 0.407 e. The van der Waals surface area contributed by atoms with E-state index in [1.54, 1.807) is 0 Å². The summed E-state index contributed by atoms with van der Waals surface area (Å²) in [6, 6.07) is 16.8. The first-order valence-corrected chi connectivity index (χ1v) is 11.3. The van der Waals surface area contributed by atoms with E-state index in [0.717, 1.165) is 32.1 Å². The van der Waals surface area contributed by atoms with Crippen LogP contribution in [-0.2, 0) is 4.74 Å². The number of carbonyl (C=O) groups is 1. The van der Waals surface area contributed by atoms with Gasteiger partial charge in [0.1, 0.15) is 6.61 Å². The highest BCUT2D eigenvalue weighted by atomic mass is 16.5. The second kappa shape index (κ2) is 6.58. The number of carbonyl (C=O) groups excluding carboxylic acids is 1. The number of hydrogen-bond donors (Lipinski definition) is 2. The van der Waals surface area contributed by atoms with Gasteiger partial charge in [0.05, 0.1) is 5.60 Å². The first-order valence-electron chi connectivity index (χ1n) is 11.3. The van der Waals surface area contributed by atoms with Gasteiger partial charge in [0.25, 0.3) is 0 Å². The Hall–Kier alpha value is -2.33. The lowest BCUT2D eigenvalue weighted by molar-refractivity contribution is -0.161. The second-order valence-electron chi connectivity index (χ2n) is 10.4. The maximum absolute atomic E-state index is 12.6. The molecule has 0 saturated heterocycles. The predicted molar refractivity (Wildman–Crippen MR) is 115 cm³/mol. The van der Waals surface area contributed by atoms with Crippen molar-refractivity contribution in [2.24, 2.45) is 17.3 Å². The summed E-state index contributed by atoms with van der Waals surface area (Å²) in [6.45, 7) is 0.973. The average molecular weight is 404 g/mol. The van der Waals surface area contributed by atoms with Crippen LogP contribution in [0.25, 0.3) is 11.1 Å². The third-order valence-electron chi connectivity index (χ3n) is 8.10. The van der Waals surface area contributed by atoms with Gasteiger partial charge in [0.15, 0.2) is 0 Å². The van der Waals surface area contributed by atoms with E-state index in [-0.39, 0.29) is 17.4 Å². The monoisotopic (exact) mass is 403 g/mol. The quantitative estimate of drug-likeness (QED) is 0.767. The van der Waals surface area contributed by atoms with Crippen LogP contribution >= 0.6 is 0 Å². The summed E-state index contributed by atoms with van der Waals surface area (Å²) < 4.78 is 5.72. The minimum Gasteiger partial charge on any atom is -0.449 e. The molecule has 4 bridgehead atoms. The highest BCUT2D eigenvalue weighted by Gasteiger charge is 2.57. The van der Waals surface area contributed by atoms with Gasteiger partial charge in [-0.1, -0.05) is 48.5 Å². The Bertz CT molecular complexity index is 940. The molecule has 4 saturated carbocycles. The Kier molecular flexibility index (Phi) is 4.05. The van der Waals surface area contributed by atoms with Gasteiger partial charge in [-0.25, -0.2) is 4.79 Å². The summed E-state index contributed by atoms with van der Waals surface area (Å²) in [5, 5.41) is 14.0. The molecule has 5 aliphatic carbocycles. The fraction of sp³-hybridized carbons (Fsp3) is 0.500. The highest BCUT2D eigenvalue weighted by molar-refractivity contribution is 5.79. The van der Waals surface area contributed by atoms with Crippen molar-refractivity contribution in [1.82, 2.24) is 5.32 Å². The van der Waals surface area contributed by atoms with Crippen LogP contribution < -0.4 is 5.32 Å². The number of aliphatic hydroxyl groups is 1. The molecule has 156 valence electrons. The molecule has 0 heterocycles. The van der Waals surface area contributed by atoms with Crippen molar-refractivity contribution in [3.63, 3.8) is 0 Å². The normalized spacial score (nSPS) is 33.2. The molecule has 2 unspecified atom stereocenters. The summed E-state index contributed by atoms with van der Waals surface area (Å²) in [7, 11) is 0. The van der Waals surface area contributed by atoms with Crippen molar-refractivity contribution in [2.45, 2.75) is 50.0 Å². The van der Waals surface area contributed by atoms with Crippen molar-refractivity contribution in [2.75, 3.05) is 13.2 Å². The SMILES string of the molecule is O=C(NCC12CC3CC(CC(O)(C3)C1)C2)OCC1c2ccccc2-c2ccccc21. The molecule has 0 aliphatic heterocycles. The molecule has 2 aromatic rings. The number of nitrogens with one attached hydrogen (secondary N) is 1. The van der Waals surface area contributed by atoms with Crippen LogP contribution in [-0.4, -0.2) is 30.0 Å². The van der Waals surface area contributed by atoms with Crippen LogP contribution in [0.1, 0.15) is 55.6 Å². The lowest BCUT2D eigenvalue weighted by Gasteiger charge is -2.60. The molecule has 30 heavy (non-hydrogen) atoms. The zero-order valence-corrected chi connectivity index (χ0v) is 17.3. The number of alkyl carbamates (subject to hydrolysis) is 1. The number of rotatable bonds is 4. The number of benzene rings is 2. The first-order chi connectivity index (χ1) is 14.5. The van der Waals surface area contributed by atoms with E-state index in [0.29, 0.717) is 25.0 Å².